The molecule has 2 aromatic rings. The van der Waals surface area contributed by atoms with Gasteiger partial charge in [0.25, 0.3) is 0 Å². The monoisotopic (exact) mass is 341 g/mol. The van der Waals surface area contributed by atoms with E-state index in [0.717, 1.165) is 16.2 Å². The van der Waals surface area contributed by atoms with Crippen LogP contribution in [0.25, 0.3) is 0 Å². The van der Waals surface area contributed by atoms with Gasteiger partial charge < -0.3 is 10.9 Å². The van der Waals surface area contributed by atoms with Crippen LogP contribution in [0.1, 0.15) is 16.8 Å². The van der Waals surface area contributed by atoms with Crippen LogP contribution in [0.3, 0.4) is 0 Å². The van der Waals surface area contributed by atoms with E-state index in [1.165, 1.54) is 11.8 Å². The maximum absolute atomic E-state index is 8.95. The van der Waals surface area contributed by atoms with Crippen molar-refractivity contribution in [1.29, 1.82) is 0 Å². The molecule has 0 bridgehead atoms. The molecule has 3 N–H and O–H groups in total. The molecule has 7 heteroatoms. The molecule has 0 amide bonds. The van der Waals surface area contributed by atoms with Crippen LogP contribution in [0.2, 0.25) is 10.0 Å². The van der Waals surface area contributed by atoms with Gasteiger partial charge in [0, 0.05) is 15.6 Å². The lowest BCUT2D eigenvalue weighted by atomic mass is 10.1. The third-order valence-corrected chi connectivity index (χ3v) is 4.50. The summed E-state index contributed by atoms with van der Waals surface area (Å²) in [4.78, 5) is 5.22. The van der Waals surface area contributed by atoms with Crippen molar-refractivity contribution in [3.63, 3.8) is 0 Å². The van der Waals surface area contributed by atoms with E-state index in [2.05, 4.69) is 10.1 Å². The highest BCUT2D eigenvalue weighted by atomic mass is 35.5. The Bertz CT molecular complexity index is 720. The topological polar surface area (TPSA) is 71.5 Å². The van der Waals surface area contributed by atoms with E-state index in [9.17, 15) is 0 Å². The molecule has 0 unspecified atom stereocenters. The highest BCUT2D eigenvalue weighted by Crippen LogP contribution is 2.36. The minimum absolute atomic E-state index is 0.0145. The van der Waals surface area contributed by atoms with Gasteiger partial charge in [-0.15, -0.1) is 0 Å². The van der Waals surface area contributed by atoms with Crippen LogP contribution in [-0.2, 0) is 0 Å². The summed E-state index contributed by atoms with van der Waals surface area (Å²) >= 11 is 13.5. The molecule has 1 aromatic heterocycles. The van der Waals surface area contributed by atoms with Crippen molar-refractivity contribution in [3.8, 4) is 0 Å². The number of hydrogen-bond acceptors (Lipinski definition) is 4. The van der Waals surface area contributed by atoms with Crippen LogP contribution in [0.15, 0.2) is 39.3 Å². The van der Waals surface area contributed by atoms with Gasteiger partial charge in [-0.1, -0.05) is 40.1 Å². The first kappa shape index (κ1) is 15.9. The van der Waals surface area contributed by atoms with E-state index < -0.39 is 0 Å². The predicted octanol–water partition coefficient (Wildman–Crippen LogP) is 4.25. The Kier molecular flexibility index (Phi) is 4.98. The summed E-state index contributed by atoms with van der Waals surface area (Å²) in [5.41, 5.74) is 8.05. The van der Waals surface area contributed by atoms with E-state index in [-0.39, 0.29) is 5.84 Å². The SMILES string of the molecule is Cc1cc(C)c(C(N)=NO)c(Sc2cc(Cl)ccc2Cl)n1. The van der Waals surface area contributed by atoms with Crippen LogP contribution < -0.4 is 5.73 Å². The van der Waals surface area contributed by atoms with Gasteiger partial charge in [0.05, 0.1) is 10.6 Å². The molecule has 0 aliphatic heterocycles. The maximum atomic E-state index is 8.95. The van der Waals surface area contributed by atoms with Crippen LogP contribution in [0.5, 0.6) is 0 Å². The molecule has 1 aromatic carbocycles. The van der Waals surface area contributed by atoms with E-state index in [0.29, 0.717) is 20.6 Å². The van der Waals surface area contributed by atoms with Crippen molar-refractivity contribution >= 4 is 40.8 Å². The van der Waals surface area contributed by atoms with Crippen LogP contribution in [-0.4, -0.2) is 16.0 Å². The summed E-state index contributed by atoms with van der Waals surface area (Å²) < 4.78 is 0. The predicted molar refractivity (Wildman–Crippen MR) is 86.8 cm³/mol. The van der Waals surface area contributed by atoms with Gasteiger partial charge in [-0.2, -0.15) is 0 Å². The number of halogens is 2. The lowest BCUT2D eigenvalue weighted by Gasteiger charge is -2.12. The van der Waals surface area contributed by atoms with E-state index in [1.54, 1.807) is 18.2 Å². The molecular formula is C14H13Cl2N3OS. The van der Waals surface area contributed by atoms with Gasteiger partial charge in [-0.05, 0) is 43.7 Å². The smallest absolute Gasteiger partial charge is 0.173 e. The second-order valence-corrected chi connectivity index (χ2v) is 6.30. The molecule has 0 aliphatic carbocycles. The summed E-state index contributed by atoms with van der Waals surface area (Å²) in [5.74, 6) is 0.0145. The molecule has 0 aliphatic rings. The average Bonchev–Trinajstić information content (AvgIpc) is 2.41. The fourth-order valence-corrected chi connectivity index (χ4v) is 3.48. The second kappa shape index (κ2) is 6.56. The number of rotatable bonds is 3. The van der Waals surface area contributed by atoms with E-state index in [4.69, 9.17) is 34.1 Å². The Hall–Kier alpha value is -1.43. The molecule has 0 fully saturated rings. The van der Waals surface area contributed by atoms with Gasteiger partial charge >= 0.3 is 0 Å². The molecule has 2 rings (SSSR count). The van der Waals surface area contributed by atoms with E-state index in [1.807, 2.05) is 19.9 Å². The number of benzene rings is 1. The third-order valence-electron chi connectivity index (χ3n) is 2.78. The lowest BCUT2D eigenvalue weighted by molar-refractivity contribution is 0.318. The van der Waals surface area contributed by atoms with Crippen LogP contribution >= 0.6 is 35.0 Å². The molecule has 0 atom stereocenters. The summed E-state index contributed by atoms with van der Waals surface area (Å²) in [5, 5.41) is 13.8. The Morgan fingerprint density at radius 3 is 2.67 bits per heavy atom. The molecular weight excluding hydrogens is 329 g/mol. The van der Waals surface area contributed by atoms with Crippen molar-refractivity contribution in [2.45, 2.75) is 23.8 Å². The standard InChI is InChI=1S/C14H13Cl2N3OS/c1-7-5-8(2)18-14(12(7)13(17)19-20)21-11-6-9(15)3-4-10(11)16/h3-6,20H,1-2H3,(H2,17,19). The molecule has 0 saturated carbocycles. The van der Waals surface area contributed by atoms with Gasteiger partial charge in [0.1, 0.15) is 5.03 Å². The zero-order valence-corrected chi connectivity index (χ0v) is 13.7. The number of nitrogens with zero attached hydrogens (tertiary/aromatic N) is 2. The third kappa shape index (κ3) is 3.61. The molecule has 110 valence electrons. The summed E-state index contributed by atoms with van der Waals surface area (Å²) in [6.45, 7) is 3.76. The summed E-state index contributed by atoms with van der Waals surface area (Å²) in [7, 11) is 0. The van der Waals surface area contributed by atoms with Gasteiger partial charge in [-0.25, -0.2) is 4.98 Å². The number of hydrogen-bond donors (Lipinski definition) is 2. The van der Waals surface area contributed by atoms with Gasteiger partial charge in [-0.3, -0.25) is 0 Å². The fourth-order valence-electron chi connectivity index (χ4n) is 1.90. The minimum Gasteiger partial charge on any atom is -0.409 e. The molecule has 0 spiro atoms. The number of pyridine rings is 1. The Morgan fingerprint density at radius 1 is 1.29 bits per heavy atom. The first-order valence-electron chi connectivity index (χ1n) is 6.01. The van der Waals surface area contributed by atoms with Crippen LogP contribution in [0, 0.1) is 13.8 Å². The van der Waals surface area contributed by atoms with Crippen molar-refractivity contribution < 1.29 is 5.21 Å². The quantitative estimate of drug-likeness (QED) is 0.379. The zero-order valence-electron chi connectivity index (χ0n) is 11.4. The average molecular weight is 342 g/mol. The molecule has 0 radical (unpaired) electrons. The fraction of sp³-hybridized carbons (Fsp3) is 0.143. The van der Waals surface area contributed by atoms with Crippen molar-refractivity contribution in [2.24, 2.45) is 10.9 Å². The summed E-state index contributed by atoms with van der Waals surface area (Å²) in [6, 6.07) is 7.06. The highest BCUT2D eigenvalue weighted by molar-refractivity contribution is 7.99. The zero-order chi connectivity index (χ0) is 15.6. The number of amidine groups is 1. The van der Waals surface area contributed by atoms with Crippen molar-refractivity contribution in [1.82, 2.24) is 4.98 Å². The highest BCUT2D eigenvalue weighted by Gasteiger charge is 2.16. The Labute approximate surface area is 137 Å². The molecule has 0 saturated heterocycles. The molecule has 4 nitrogen and oxygen atoms in total. The first-order valence-corrected chi connectivity index (χ1v) is 7.58. The molecule has 21 heavy (non-hydrogen) atoms. The number of nitrogens with two attached hydrogens (primary N) is 1. The summed E-state index contributed by atoms with van der Waals surface area (Å²) in [6.07, 6.45) is 0. The maximum Gasteiger partial charge on any atom is 0.173 e. The Morgan fingerprint density at radius 2 is 2.00 bits per heavy atom. The van der Waals surface area contributed by atoms with Crippen LogP contribution in [0.4, 0.5) is 0 Å². The lowest BCUT2D eigenvalue weighted by Crippen LogP contribution is -2.17. The first-order chi connectivity index (χ1) is 9.92. The number of aromatic nitrogens is 1. The van der Waals surface area contributed by atoms with Gasteiger partial charge in [0.2, 0.25) is 0 Å². The van der Waals surface area contributed by atoms with Gasteiger partial charge in [0.15, 0.2) is 5.84 Å². The van der Waals surface area contributed by atoms with E-state index >= 15 is 0 Å². The van der Waals surface area contributed by atoms with Crippen molar-refractivity contribution in [3.05, 3.63) is 51.1 Å². The number of aryl methyl sites for hydroxylation is 2. The minimum atomic E-state index is 0.0145. The number of oxime groups is 1. The second-order valence-electron chi connectivity index (χ2n) is 4.42. The normalized spacial score (nSPS) is 11.7. The van der Waals surface area contributed by atoms with Crippen molar-refractivity contribution in [2.75, 3.05) is 0 Å². The largest absolute Gasteiger partial charge is 0.409 e. The Balaban J connectivity index is 2.55. The molecule has 1 heterocycles.